The van der Waals surface area contributed by atoms with Gasteiger partial charge in [0.1, 0.15) is 11.5 Å². The van der Waals surface area contributed by atoms with Crippen molar-refractivity contribution in [3.05, 3.63) is 58.1 Å². The van der Waals surface area contributed by atoms with Crippen LogP contribution in [-0.2, 0) is 6.54 Å². The zero-order chi connectivity index (χ0) is 12.3. The molecule has 0 aliphatic rings. The van der Waals surface area contributed by atoms with E-state index in [0.717, 1.165) is 27.1 Å². The first-order valence-corrected chi connectivity index (χ1v) is 6.22. The Morgan fingerprint density at radius 2 is 1.88 bits per heavy atom. The van der Waals surface area contributed by atoms with Crippen molar-refractivity contribution in [2.75, 3.05) is 0 Å². The second-order valence-corrected chi connectivity index (χ2v) is 4.69. The highest BCUT2D eigenvalue weighted by molar-refractivity contribution is 9.10. The van der Waals surface area contributed by atoms with E-state index in [1.165, 1.54) is 0 Å². The summed E-state index contributed by atoms with van der Waals surface area (Å²) in [5, 5.41) is 0. The molecule has 2 aromatic rings. The minimum Gasteiger partial charge on any atom is -0.456 e. The fraction of sp³-hybridized carbons (Fsp3) is 0.143. The molecule has 0 aromatic heterocycles. The van der Waals surface area contributed by atoms with E-state index in [1.807, 2.05) is 49.4 Å². The van der Waals surface area contributed by atoms with Crippen LogP contribution >= 0.6 is 15.9 Å². The number of nitrogens with two attached hydrogens (primary N) is 1. The van der Waals surface area contributed by atoms with E-state index in [-0.39, 0.29) is 0 Å². The minimum absolute atomic E-state index is 0.531. The monoisotopic (exact) mass is 291 g/mol. The number of ether oxygens (including phenoxy) is 1. The third kappa shape index (κ3) is 2.87. The molecule has 2 nitrogen and oxygen atoms in total. The molecule has 0 aliphatic heterocycles. The van der Waals surface area contributed by atoms with Crippen LogP contribution in [0.15, 0.2) is 46.9 Å². The first-order chi connectivity index (χ1) is 8.20. The van der Waals surface area contributed by atoms with Crippen LogP contribution in [0.5, 0.6) is 11.5 Å². The lowest BCUT2D eigenvalue weighted by molar-refractivity contribution is 0.475. The van der Waals surface area contributed by atoms with E-state index in [1.54, 1.807) is 0 Å². The molecule has 2 aromatic carbocycles. The molecule has 0 atom stereocenters. The largest absolute Gasteiger partial charge is 0.456 e. The van der Waals surface area contributed by atoms with Crippen LogP contribution in [0.25, 0.3) is 0 Å². The Morgan fingerprint density at radius 3 is 2.53 bits per heavy atom. The van der Waals surface area contributed by atoms with Crippen molar-refractivity contribution in [2.45, 2.75) is 13.5 Å². The van der Waals surface area contributed by atoms with E-state index in [0.29, 0.717) is 6.54 Å². The number of halogens is 1. The lowest BCUT2D eigenvalue weighted by Gasteiger charge is -2.10. The summed E-state index contributed by atoms with van der Waals surface area (Å²) >= 11 is 3.49. The normalized spacial score (nSPS) is 10.3. The molecule has 0 amide bonds. The van der Waals surface area contributed by atoms with E-state index in [4.69, 9.17) is 10.5 Å². The zero-order valence-electron chi connectivity index (χ0n) is 9.61. The van der Waals surface area contributed by atoms with Crippen LogP contribution in [0, 0.1) is 6.92 Å². The third-order valence-electron chi connectivity index (χ3n) is 2.55. The van der Waals surface area contributed by atoms with Gasteiger partial charge in [-0.25, -0.2) is 0 Å². The fourth-order valence-corrected chi connectivity index (χ4v) is 2.05. The third-order valence-corrected chi connectivity index (χ3v) is 3.17. The Kier molecular flexibility index (Phi) is 3.82. The van der Waals surface area contributed by atoms with E-state index in [9.17, 15) is 0 Å². The van der Waals surface area contributed by atoms with Crippen molar-refractivity contribution in [3.8, 4) is 11.5 Å². The fourth-order valence-electron chi connectivity index (χ4n) is 1.54. The van der Waals surface area contributed by atoms with Crippen molar-refractivity contribution in [1.29, 1.82) is 0 Å². The van der Waals surface area contributed by atoms with Gasteiger partial charge in [0.2, 0.25) is 0 Å². The van der Waals surface area contributed by atoms with Crippen LogP contribution in [0.3, 0.4) is 0 Å². The molecule has 17 heavy (non-hydrogen) atoms. The molecule has 2 rings (SSSR count). The maximum atomic E-state index is 5.85. The second kappa shape index (κ2) is 5.34. The predicted octanol–water partition coefficient (Wildman–Crippen LogP) is 4.01. The van der Waals surface area contributed by atoms with Crippen molar-refractivity contribution < 1.29 is 4.74 Å². The predicted molar refractivity (Wildman–Crippen MR) is 73.3 cm³/mol. The highest BCUT2D eigenvalue weighted by Gasteiger charge is 2.05. The van der Waals surface area contributed by atoms with Crippen LogP contribution in [0.4, 0.5) is 0 Å². The molecular weight excluding hydrogens is 278 g/mol. The second-order valence-electron chi connectivity index (χ2n) is 3.84. The standard InChI is InChI=1S/C14H14BrNO/c1-10-4-2-3-5-13(10)17-14-7-6-11(9-16)8-12(14)15/h2-8H,9,16H2,1H3. The van der Waals surface area contributed by atoms with Crippen molar-refractivity contribution >= 4 is 15.9 Å². The summed E-state index contributed by atoms with van der Waals surface area (Å²) in [6, 6.07) is 13.8. The summed E-state index contributed by atoms with van der Waals surface area (Å²) in [5.74, 6) is 1.67. The van der Waals surface area contributed by atoms with Crippen LogP contribution < -0.4 is 10.5 Å². The first kappa shape index (κ1) is 12.1. The molecule has 0 bridgehead atoms. The van der Waals surface area contributed by atoms with Gasteiger partial charge in [0.25, 0.3) is 0 Å². The number of para-hydroxylation sites is 1. The number of rotatable bonds is 3. The van der Waals surface area contributed by atoms with Gasteiger partial charge in [0.05, 0.1) is 4.47 Å². The summed E-state index contributed by atoms with van der Waals surface area (Å²) < 4.78 is 6.77. The molecular formula is C14H14BrNO. The Hall–Kier alpha value is -1.32. The molecule has 0 aliphatic carbocycles. The Balaban J connectivity index is 2.28. The van der Waals surface area contributed by atoms with Gasteiger partial charge in [-0.2, -0.15) is 0 Å². The summed E-state index contributed by atoms with van der Waals surface area (Å²) in [4.78, 5) is 0. The van der Waals surface area contributed by atoms with Gasteiger partial charge in [-0.15, -0.1) is 0 Å². The number of aryl methyl sites for hydroxylation is 1. The van der Waals surface area contributed by atoms with Crippen molar-refractivity contribution in [1.82, 2.24) is 0 Å². The molecule has 2 N–H and O–H groups in total. The Labute approximate surface area is 110 Å². The molecule has 0 fully saturated rings. The average molecular weight is 292 g/mol. The topological polar surface area (TPSA) is 35.2 Å². The number of hydrogen-bond acceptors (Lipinski definition) is 2. The first-order valence-electron chi connectivity index (χ1n) is 5.42. The zero-order valence-corrected chi connectivity index (χ0v) is 11.2. The summed E-state index contributed by atoms with van der Waals surface area (Å²) in [6.45, 7) is 2.56. The lowest BCUT2D eigenvalue weighted by Crippen LogP contribution is -1.96. The molecule has 0 unspecified atom stereocenters. The van der Waals surface area contributed by atoms with Crippen LogP contribution in [-0.4, -0.2) is 0 Å². The molecule has 88 valence electrons. The summed E-state index contributed by atoms with van der Waals surface area (Å²) in [6.07, 6.45) is 0. The minimum atomic E-state index is 0.531. The van der Waals surface area contributed by atoms with Gasteiger partial charge in [0, 0.05) is 6.54 Å². The molecule has 3 heteroatoms. The molecule has 0 saturated carbocycles. The van der Waals surface area contributed by atoms with Gasteiger partial charge in [-0.05, 0) is 52.2 Å². The van der Waals surface area contributed by atoms with E-state index in [2.05, 4.69) is 15.9 Å². The smallest absolute Gasteiger partial charge is 0.141 e. The average Bonchev–Trinajstić information content (AvgIpc) is 2.34. The lowest BCUT2D eigenvalue weighted by atomic mass is 10.2. The Morgan fingerprint density at radius 1 is 1.12 bits per heavy atom. The van der Waals surface area contributed by atoms with E-state index < -0.39 is 0 Å². The number of benzene rings is 2. The van der Waals surface area contributed by atoms with Gasteiger partial charge in [0.15, 0.2) is 0 Å². The highest BCUT2D eigenvalue weighted by atomic mass is 79.9. The molecule has 0 spiro atoms. The summed E-state index contributed by atoms with van der Waals surface area (Å²) in [5.41, 5.74) is 7.77. The molecule has 0 radical (unpaired) electrons. The quantitative estimate of drug-likeness (QED) is 0.927. The number of hydrogen-bond donors (Lipinski definition) is 1. The molecule has 0 saturated heterocycles. The van der Waals surface area contributed by atoms with Crippen molar-refractivity contribution in [2.24, 2.45) is 5.73 Å². The summed E-state index contributed by atoms with van der Waals surface area (Å²) in [7, 11) is 0. The van der Waals surface area contributed by atoms with E-state index >= 15 is 0 Å². The van der Waals surface area contributed by atoms with Crippen LogP contribution in [0.2, 0.25) is 0 Å². The SMILES string of the molecule is Cc1ccccc1Oc1ccc(CN)cc1Br. The van der Waals surface area contributed by atoms with Crippen LogP contribution in [0.1, 0.15) is 11.1 Å². The Bertz CT molecular complexity index is 525. The van der Waals surface area contributed by atoms with Crippen molar-refractivity contribution in [3.63, 3.8) is 0 Å². The molecule has 0 heterocycles. The maximum absolute atomic E-state index is 5.85. The van der Waals surface area contributed by atoms with Gasteiger partial charge in [-0.3, -0.25) is 0 Å². The highest BCUT2D eigenvalue weighted by Crippen LogP contribution is 2.31. The van der Waals surface area contributed by atoms with Gasteiger partial charge >= 0.3 is 0 Å². The van der Waals surface area contributed by atoms with Gasteiger partial charge in [-0.1, -0.05) is 24.3 Å². The van der Waals surface area contributed by atoms with Gasteiger partial charge < -0.3 is 10.5 Å². The maximum Gasteiger partial charge on any atom is 0.141 e.